The number of anilines is 1. The second kappa shape index (κ2) is 8.86. The minimum atomic E-state index is -0.167. The predicted octanol–water partition coefficient (Wildman–Crippen LogP) is 2.84. The van der Waals surface area contributed by atoms with E-state index in [1.165, 1.54) is 22.3 Å². The molecule has 1 saturated heterocycles. The van der Waals surface area contributed by atoms with Gasteiger partial charge in [-0.25, -0.2) is 9.78 Å². The molecule has 27 heavy (non-hydrogen) atoms. The summed E-state index contributed by atoms with van der Waals surface area (Å²) >= 11 is 0. The van der Waals surface area contributed by atoms with Gasteiger partial charge in [0.25, 0.3) is 0 Å². The fourth-order valence-electron chi connectivity index (χ4n) is 3.44. The average molecular weight is 368 g/mol. The maximum atomic E-state index is 12.2. The van der Waals surface area contributed by atoms with Crippen LogP contribution in [-0.2, 0) is 17.8 Å². The Kier molecular flexibility index (Phi) is 6.29. The van der Waals surface area contributed by atoms with Crippen molar-refractivity contribution < 1.29 is 9.53 Å². The van der Waals surface area contributed by atoms with Crippen LogP contribution in [0.4, 0.5) is 10.6 Å². The summed E-state index contributed by atoms with van der Waals surface area (Å²) in [5.74, 6) is 0.934. The molecule has 0 aliphatic carbocycles. The molecule has 1 aromatic carbocycles. The summed E-state index contributed by atoms with van der Waals surface area (Å²) in [5, 5.41) is 5.88. The van der Waals surface area contributed by atoms with Crippen LogP contribution in [-0.4, -0.2) is 37.3 Å². The van der Waals surface area contributed by atoms with Gasteiger partial charge in [0.15, 0.2) is 0 Å². The molecule has 1 aliphatic rings. The quantitative estimate of drug-likeness (QED) is 0.852. The number of urea groups is 1. The number of benzene rings is 1. The van der Waals surface area contributed by atoms with Crippen LogP contribution >= 0.6 is 0 Å². The minimum Gasteiger partial charge on any atom is -0.378 e. The Bertz CT molecular complexity index is 778. The van der Waals surface area contributed by atoms with Crippen LogP contribution in [0.2, 0.25) is 0 Å². The van der Waals surface area contributed by atoms with Crippen LogP contribution in [0.25, 0.3) is 0 Å². The first-order valence-electron chi connectivity index (χ1n) is 9.39. The summed E-state index contributed by atoms with van der Waals surface area (Å²) in [7, 11) is 0. The van der Waals surface area contributed by atoms with E-state index < -0.39 is 0 Å². The van der Waals surface area contributed by atoms with Gasteiger partial charge in [-0.3, -0.25) is 0 Å². The lowest BCUT2D eigenvalue weighted by Crippen LogP contribution is -2.37. The van der Waals surface area contributed by atoms with Crippen LogP contribution in [0.5, 0.6) is 0 Å². The van der Waals surface area contributed by atoms with Gasteiger partial charge in [0, 0.05) is 32.4 Å². The number of aromatic nitrogens is 1. The van der Waals surface area contributed by atoms with Crippen molar-refractivity contribution in [2.75, 3.05) is 31.2 Å². The van der Waals surface area contributed by atoms with E-state index in [-0.39, 0.29) is 6.03 Å². The number of morpholine rings is 1. The fraction of sp³-hybridized carbons (Fsp3) is 0.429. The first-order valence-corrected chi connectivity index (χ1v) is 9.39. The van der Waals surface area contributed by atoms with Crippen molar-refractivity contribution in [2.24, 2.45) is 0 Å². The molecule has 0 spiro atoms. The highest BCUT2D eigenvalue weighted by molar-refractivity contribution is 5.74. The molecule has 2 heterocycles. The molecule has 2 amide bonds. The summed E-state index contributed by atoms with van der Waals surface area (Å²) in [6, 6.07) is 8.08. The highest BCUT2D eigenvalue weighted by Gasteiger charge is 2.13. The molecule has 0 bridgehead atoms. The Balaban J connectivity index is 1.52. The van der Waals surface area contributed by atoms with Gasteiger partial charge < -0.3 is 20.3 Å². The number of aryl methyl sites for hydroxylation is 3. The van der Waals surface area contributed by atoms with E-state index in [1.54, 1.807) is 6.20 Å². The summed E-state index contributed by atoms with van der Waals surface area (Å²) in [6.07, 6.45) is 1.79. The number of hydrogen-bond donors (Lipinski definition) is 2. The summed E-state index contributed by atoms with van der Waals surface area (Å²) in [4.78, 5) is 18.8. The number of ether oxygens (including phenoxy) is 1. The van der Waals surface area contributed by atoms with Crippen molar-refractivity contribution in [2.45, 2.75) is 33.9 Å². The molecule has 0 saturated carbocycles. The Morgan fingerprint density at radius 3 is 2.44 bits per heavy atom. The smallest absolute Gasteiger partial charge is 0.315 e. The second-order valence-corrected chi connectivity index (χ2v) is 7.04. The number of amides is 2. The summed E-state index contributed by atoms with van der Waals surface area (Å²) < 4.78 is 5.38. The lowest BCUT2D eigenvalue weighted by molar-refractivity contribution is 0.122. The lowest BCUT2D eigenvalue weighted by Gasteiger charge is -2.28. The van der Waals surface area contributed by atoms with E-state index in [0.717, 1.165) is 37.7 Å². The third-order valence-corrected chi connectivity index (χ3v) is 4.86. The molecular weight excluding hydrogens is 340 g/mol. The lowest BCUT2D eigenvalue weighted by atomic mass is 10.00. The minimum absolute atomic E-state index is 0.167. The van der Waals surface area contributed by atoms with Crippen LogP contribution in [0.3, 0.4) is 0 Å². The molecule has 6 nitrogen and oxygen atoms in total. The van der Waals surface area contributed by atoms with Crippen molar-refractivity contribution in [1.29, 1.82) is 0 Å². The van der Waals surface area contributed by atoms with Gasteiger partial charge in [-0.05, 0) is 55.2 Å². The normalized spacial score (nSPS) is 14.1. The van der Waals surface area contributed by atoms with Gasteiger partial charge in [0.1, 0.15) is 5.82 Å². The van der Waals surface area contributed by atoms with Gasteiger partial charge in [0.2, 0.25) is 0 Å². The number of hydrogen-bond acceptors (Lipinski definition) is 4. The maximum Gasteiger partial charge on any atom is 0.315 e. The number of carbonyl (C=O) groups is 1. The molecule has 0 unspecified atom stereocenters. The molecule has 1 aliphatic heterocycles. The SMILES string of the molecule is Cc1cc(C)c(CNC(=O)NCc2ccnc(N3CCOCC3)c2)c(C)c1. The number of pyridine rings is 1. The molecule has 144 valence electrons. The van der Waals surface area contributed by atoms with E-state index in [4.69, 9.17) is 4.74 Å². The van der Waals surface area contributed by atoms with E-state index in [1.807, 2.05) is 12.1 Å². The van der Waals surface area contributed by atoms with E-state index in [9.17, 15) is 4.79 Å². The first-order chi connectivity index (χ1) is 13.0. The zero-order valence-corrected chi connectivity index (χ0v) is 16.3. The van der Waals surface area contributed by atoms with Gasteiger partial charge in [-0.1, -0.05) is 17.7 Å². The van der Waals surface area contributed by atoms with Crippen molar-refractivity contribution in [3.05, 3.63) is 58.3 Å². The number of nitrogens with one attached hydrogen (secondary N) is 2. The predicted molar refractivity (Wildman–Crippen MR) is 107 cm³/mol. The molecule has 2 aromatic rings. The van der Waals surface area contributed by atoms with Gasteiger partial charge in [-0.2, -0.15) is 0 Å². The van der Waals surface area contributed by atoms with E-state index in [2.05, 4.69) is 53.4 Å². The molecule has 6 heteroatoms. The van der Waals surface area contributed by atoms with Gasteiger partial charge in [0.05, 0.1) is 13.2 Å². The topological polar surface area (TPSA) is 66.5 Å². The Morgan fingerprint density at radius 1 is 1.07 bits per heavy atom. The van der Waals surface area contributed by atoms with Gasteiger partial charge >= 0.3 is 6.03 Å². The maximum absolute atomic E-state index is 12.2. The monoisotopic (exact) mass is 368 g/mol. The Hall–Kier alpha value is -2.60. The van der Waals surface area contributed by atoms with Crippen LogP contribution in [0.1, 0.15) is 27.8 Å². The van der Waals surface area contributed by atoms with Crippen molar-refractivity contribution in [3.8, 4) is 0 Å². The van der Waals surface area contributed by atoms with Crippen LogP contribution in [0, 0.1) is 20.8 Å². The molecule has 3 rings (SSSR count). The standard InChI is InChI=1S/C21H28N4O2/c1-15-10-16(2)19(17(3)11-15)14-24-21(26)23-13-18-4-5-22-20(12-18)25-6-8-27-9-7-25/h4-5,10-12H,6-9,13-14H2,1-3H3,(H2,23,24,26). The zero-order valence-electron chi connectivity index (χ0n) is 16.3. The highest BCUT2D eigenvalue weighted by Crippen LogP contribution is 2.16. The first kappa shape index (κ1) is 19.2. The molecule has 0 atom stereocenters. The number of carbonyl (C=O) groups excluding carboxylic acids is 1. The van der Waals surface area contributed by atoms with Crippen LogP contribution in [0.15, 0.2) is 30.5 Å². The summed E-state index contributed by atoms with van der Waals surface area (Å²) in [6.45, 7) is 10.4. The van der Waals surface area contributed by atoms with Gasteiger partial charge in [-0.15, -0.1) is 0 Å². The molecule has 1 fully saturated rings. The van der Waals surface area contributed by atoms with Crippen LogP contribution < -0.4 is 15.5 Å². The summed E-state index contributed by atoms with van der Waals surface area (Å²) in [5.41, 5.74) is 5.86. The molecule has 1 aromatic heterocycles. The number of rotatable bonds is 5. The van der Waals surface area contributed by atoms with Crippen molar-refractivity contribution in [1.82, 2.24) is 15.6 Å². The Morgan fingerprint density at radius 2 is 1.74 bits per heavy atom. The Labute approximate surface area is 160 Å². The third kappa shape index (κ3) is 5.20. The molecular formula is C21H28N4O2. The largest absolute Gasteiger partial charge is 0.378 e. The van der Waals surface area contributed by atoms with E-state index in [0.29, 0.717) is 13.1 Å². The van der Waals surface area contributed by atoms with E-state index >= 15 is 0 Å². The highest BCUT2D eigenvalue weighted by atomic mass is 16.5. The molecule has 0 radical (unpaired) electrons. The van der Waals surface area contributed by atoms with Crippen molar-refractivity contribution >= 4 is 11.8 Å². The third-order valence-electron chi connectivity index (χ3n) is 4.86. The zero-order chi connectivity index (χ0) is 19.2. The molecule has 2 N–H and O–H groups in total. The average Bonchev–Trinajstić information content (AvgIpc) is 2.66. The second-order valence-electron chi connectivity index (χ2n) is 7.04. The number of nitrogens with zero attached hydrogens (tertiary/aromatic N) is 2. The van der Waals surface area contributed by atoms with Crippen molar-refractivity contribution in [3.63, 3.8) is 0 Å². The fourth-order valence-corrected chi connectivity index (χ4v) is 3.44.